The van der Waals surface area contributed by atoms with Gasteiger partial charge in [0.2, 0.25) is 5.91 Å². The molecule has 0 atom stereocenters. The lowest BCUT2D eigenvalue weighted by Gasteiger charge is -2.12. The van der Waals surface area contributed by atoms with Crippen LogP contribution < -0.4 is 10.1 Å². The molecule has 1 N–H and O–H groups in total. The van der Waals surface area contributed by atoms with Crippen molar-refractivity contribution in [3.8, 4) is 11.8 Å². The molecule has 1 amide bonds. The number of hydrogen-bond donors (Lipinski definition) is 1. The Morgan fingerprint density at radius 1 is 0.968 bits per heavy atom. The second kappa shape index (κ2) is 11.5. The third kappa shape index (κ3) is 7.29. The van der Waals surface area contributed by atoms with Gasteiger partial charge < -0.3 is 14.8 Å². The summed E-state index contributed by atoms with van der Waals surface area (Å²) in [5.74, 6) is 0.681. The second-order valence-electron chi connectivity index (χ2n) is 7.27. The minimum absolute atomic E-state index is 0.0339. The van der Waals surface area contributed by atoms with Crippen molar-refractivity contribution in [2.45, 2.75) is 33.0 Å². The fourth-order valence-corrected chi connectivity index (χ4v) is 3.08. The molecule has 158 valence electrons. The van der Waals surface area contributed by atoms with Crippen LogP contribution in [0.2, 0.25) is 0 Å². The van der Waals surface area contributed by atoms with Gasteiger partial charge in [-0.05, 0) is 60.4 Å². The van der Waals surface area contributed by atoms with Crippen molar-refractivity contribution in [3.05, 3.63) is 95.1 Å². The van der Waals surface area contributed by atoms with Crippen molar-refractivity contribution in [1.82, 2.24) is 0 Å². The number of nitrogens with zero attached hydrogens (tertiary/aromatic N) is 1. The van der Waals surface area contributed by atoms with Crippen LogP contribution in [-0.4, -0.2) is 12.5 Å². The largest absolute Gasteiger partial charge is 0.489 e. The number of amides is 1. The Morgan fingerprint density at radius 2 is 1.77 bits per heavy atom. The quantitative estimate of drug-likeness (QED) is 0.452. The average Bonchev–Trinajstić information content (AvgIpc) is 2.80. The smallest absolute Gasteiger partial charge is 0.224 e. The van der Waals surface area contributed by atoms with Gasteiger partial charge in [0.15, 0.2) is 0 Å². The molecule has 3 aromatic rings. The van der Waals surface area contributed by atoms with Gasteiger partial charge in [-0.15, -0.1) is 0 Å². The first-order valence-electron chi connectivity index (χ1n) is 10.3. The van der Waals surface area contributed by atoms with E-state index in [1.807, 2.05) is 73.7 Å². The summed E-state index contributed by atoms with van der Waals surface area (Å²) in [5, 5.41) is 11.9. The van der Waals surface area contributed by atoms with Crippen LogP contribution in [0.15, 0.2) is 72.8 Å². The number of nitriles is 1. The Balaban J connectivity index is 1.40. The lowest BCUT2D eigenvalue weighted by Crippen LogP contribution is -2.13. The van der Waals surface area contributed by atoms with E-state index >= 15 is 0 Å². The van der Waals surface area contributed by atoms with Crippen LogP contribution in [0.25, 0.3) is 0 Å². The van der Waals surface area contributed by atoms with Gasteiger partial charge in [-0.1, -0.05) is 42.5 Å². The molecule has 0 bridgehead atoms. The minimum Gasteiger partial charge on any atom is -0.489 e. The van der Waals surface area contributed by atoms with Crippen molar-refractivity contribution in [2.75, 3.05) is 11.9 Å². The molecule has 5 nitrogen and oxygen atoms in total. The number of rotatable bonds is 10. The fraction of sp³-hybridized carbons (Fsp3) is 0.231. The van der Waals surface area contributed by atoms with Gasteiger partial charge in [-0.2, -0.15) is 5.26 Å². The Morgan fingerprint density at radius 3 is 2.55 bits per heavy atom. The Kier molecular flexibility index (Phi) is 8.21. The number of hydrogen-bond acceptors (Lipinski definition) is 4. The molecule has 0 aliphatic rings. The second-order valence-corrected chi connectivity index (χ2v) is 7.27. The molecule has 0 radical (unpaired) electrons. The first kappa shape index (κ1) is 22.1. The zero-order valence-corrected chi connectivity index (χ0v) is 17.6. The number of carbonyl (C=O) groups is 1. The van der Waals surface area contributed by atoms with E-state index in [1.165, 1.54) is 0 Å². The summed E-state index contributed by atoms with van der Waals surface area (Å²) in [6.45, 7) is 3.41. The van der Waals surface area contributed by atoms with Crippen LogP contribution >= 0.6 is 0 Å². The Bertz CT molecular complexity index is 1040. The molecule has 0 aliphatic heterocycles. The predicted octanol–water partition coefficient (Wildman–Crippen LogP) is 5.38. The third-order valence-electron chi connectivity index (χ3n) is 4.74. The van der Waals surface area contributed by atoms with Crippen molar-refractivity contribution >= 4 is 11.6 Å². The first-order valence-corrected chi connectivity index (χ1v) is 10.3. The highest BCUT2D eigenvalue weighted by Crippen LogP contribution is 2.22. The van der Waals surface area contributed by atoms with E-state index in [0.29, 0.717) is 44.0 Å². The number of nitrogens with one attached hydrogen (secondary N) is 1. The molecule has 0 saturated carbocycles. The number of ether oxygens (including phenoxy) is 2. The molecule has 5 heteroatoms. The Hall–Kier alpha value is -3.62. The molecule has 0 aliphatic carbocycles. The van der Waals surface area contributed by atoms with E-state index in [0.717, 1.165) is 22.4 Å². The standard InChI is InChI=1S/C26H26N2O3/c1-20-15-24(31-19-23-10-5-9-22(16-23)17-27)12-13-25(20)28-26(29)11-6-14-30-18-21-7-3-2-4-8-21/h2-5,7-10,12-13,15-16H,6,11,14,18-19H2,1H3,(H,28,29). The van der Waals surface area contributed by atoms with E-state index < -0.39 is 0 Å². The molecule has 0 unspecified atom stereocenters. The van der Waals surface area contributed by atoms with Gasteiger partial charge in [0.25, 0.3) is 0 Å². The van der Waals surface area contributed by atoms with Crippen molar-refractivity contribution < 1.29 is 14.3 Å². The van der Waals surface area contributed by atoms with Crippen LogP contribution in [0.4, 0.5) is 5.69 Å². The van der Waals surface area contributed by atoms with Gasteiger partial charge in [0, 0.05) is 18.7 Å². The Labute approximate surface area is 183 Å². The molecular weight excluding hydrogens is 388 g/mol. The minimum atomic E-state index is -0.0339. The molecule has 3 aromatic carbocycles. The van der Waals surface area contributed by atoms with Crippen molar-refractivity contribution in [1.29, 1.82) is 5.26 Å². The summed E-state index contributed by atoms with van der Waals surface area (Å²) in [6.07, 6.45) is 1.07. The van der Waals surface area contributed by atoms with E-state index in [4.69, 9.17) is 14.7 Å². The monoisotopic (exact) mass is 414 g/mol. The number of carbonyl (C=O) groups excluding carboxylic acids is 1. The SMILES string of the molecule is Cc1cc(OCc2cccc(C#N)c2)ccc1NC(=O)CCCOCc1ccccc1. The van der Waals surface area contributed by atoms with Gasteiger partial charge in [-0.25, -0.2) is 0 Å². The van der Waals surface area contributed by atoms with Crippen LogP contribution in [-0.2, 0) is 22.7 Å². The summed E-state index contributed by atoms with van der Waals surface area (Å²) in [4.78, 5) is 12.2. The van der Waals surface area contributed by atoms with E-state index in [1.54, 1.807) is 6.07 Å². The number of anilines is 1. The van der Waals surface area contributed by atoms with Crippen LogP contribution in [0, 0.1) is 18.3 Å². The highest BCUT2D eigenvalue weighted by atomic mass is 16.5. The summed E-state index contributed by atoms with van der Waals surface area (Å²) in [5.41, 5.74) is 4.37. The first-order chi connectivity index (χ1) is 15.1. The van der Waals surface area contributed by atoms with E-state index in [2.05, 4.69) is 11.4 Å². The zero-order valence-electron chi connectivity index (χ0n) is 17.6. The zero-order chi connectivity index (χ0) is 21.9. The van der Waals surface area contributed by atoms with Crippen molar-refractivity contribution in [2.24, 2.45) is 0 Å². The molecule has 0 heterocycles. The molecule has 0 fully saturated rings. The van der Waals surface area contributed by atoms with Crippen LogP contribution in [0.5, 0.6) is 5.75 Å². The summed E-state index contributed by atoms with van der Waals surface area (Å²) in [6, 6.07) is 25.0. The van der Waals surface area contributed by atoms with E-state index in [9.17, 15) is 4.79 Å². The number of benzene rings is 3. The lowest BCUT2D eigenvalue weighted by atomic mass is 10.1. The van der Waals surface area contributed by atoms with Crippen LogP contribution in [0.3, 0.4) is 0 Å². The number of aryl methyl sites for hydroxylation is 1. The highest BCUT2D eigenvalue weighted by molar-refractivity contribution is 5.91. The maximum atomic E-state index is 12.2. The molecular formula is C26H26N2O3. The van der Waals surface area contributed by atoms with E-state index in [-0.39, 0.29) is 5.91 Å². The maximum absolute atomic E-state index is 12.2. The molecule has 31 heavy (non-hydrogen) atoms. The molecule has 0 saturated heterocycles. The van der Waals surface area contributed by atoms with Gasteiger partial charge in [0.1, 0.15) is 12.4 Å². The van der Waals surface area contributed by atoms with Crippen LogP contribution in [0.1, 0.15) is 35.1 Å². The summed E-state index contributed by atoms with van der Waals surface area (Å²) in [7, 11) is 0. The highest BCUT2D eigenvalue weighted by Gasteiger charge is 2.07. The van der Waals surface area contributed by atoms with Gasteiger partial charge >= 0.3 is 0 Å². The predicted molar refractivity (Wildman–Crippen MR) is 121 cm³/mol. The fourth-order valence-electron chi connectivity index (χ4n) is 3.08. The average molecular weight is 415 g/mol. The topological polar surface area (TPSA) is 71.3 Å². The lowest BCUT2D eigenvalue weighted by molar-refractivity contribution is -0.116. The normalized spacial score (nSPS) is 10.3. The van der Waals surface area contributed by atoms with Gasteiger partial charge in [0.05, 0.1) is 18.2 Å². The van der Waals surface area contributed by atoms with Crippen molar-refractivity contribution in [3.63, 3.8) is 0 Å². The summed E-state index contributed by atoms with van der Waals surface area (Å²) < 4.78 is 11.4. The molecule has 3 rings (SSSR count). The maximum Gasteiger partial charge on any atom is 0.224 e. The van der Waals surface area contributed by atoms with Gasteiger partial charge in [-0.3, -0.25) is 4.79 Å². The summed E-state index contributed by atoms with van der Waals surface area (Å²) >= 11 is 0. The molecule has 0 spiro atoms. The molecule has 0 aromatic heterocycles. The third-order valence-corrected chi connectivity index (χ3v) is 4.74.